The van der Waals surface area contributed by atoms with E-state index in [9.17, 15) is 4.79 Å². The third-order valence-electron chi connectivity index (χ3n) is 4.30. The highest BCUT2D eigenvalue weighted by atomic mass is 16.7. The number of ether oxygens (including phenoxy) is 5. The number of cyclic esters (lactones) is 1. The summed E-state index contributed by atoms with van der Waals surface area (Å²) in [4.78, 5) is 16.6. The van der Waals surface area contributed by atoms with Gasteiger partial charge >= 0.3 is 5.97 Å². The van der Waals surface area contributed by atoms with Crippen molar-refractivity contribution < 1.29 is 28.5 Å². The number of carbonyl (C=O) groups excluding carboxylic acids is 1. The molecule has 2 aromatic carbocycles. The van der Waals surface area contributed by atoms with E-state index < -0.39 is 5.97 Å². The van der Waals surface area contributed by atoms with Gasteiger partial charge in [-0.05, 0) is 47.9 Å². The average molecular weight is 395 g/mol. The fraction of sp³-hybridized carbons (Fsp3) is 0.273. The van der Waals surface area contributed by atoms with Crippen molar-refractivity contribution in [2.45, 2.75) is 13.8 Å². The first kappa shape index (κ1) is 18.9. The van der Waals surface area contributed by atoms with E-state index >= 15 is 0 Å². The summed E-state index contributed by atoms with van der Waals surface area (Å²) in [6.07, 6.45) is 1.66. The molecule has 7 heteroatoms. The molecule has 0 saturated heterocycles. The summed E-state index contributed by atoms with van der Waals surface area (Å²) >= 11 is 0. The molecule has 0 atom stereocenters. The molecule has 2 aliphatic heterocycles. The fourth-order valence-electron chi connectivity index (χ4n) is 2.87. The third kappa shape index (κ3) is 4.03. The van der Waals surface area contributed by atoms with Crippen LogP contribution in [-0.4, -0.2) is 32.4 Å². The van der Waals surface area contributed by atoms with Crippen molar-refractivity contribution in [2.75, 3.05) is 20.5 Å². The average Bonchev–Trinajstić information content (AvgIpc) is 3.32. The Labute approximate surface area is 168 Å². The highest BCUT2D eigenvalue weighted by Gasteiger charge is 2.26. The lowest BCUT2D eigenvalue weighted by Crippen LogP contribution is -2.06. The van der Waals surface area contributed by atoms with E-state index in [2.05, 4.69) is 18.8 Å². The van der Waals surface area contributed by atoms with E-state index in [0.29, 0.717) is 41.1 Å². The zero-order valence-corrected chi connectivity index (χ0v) is 16.4. The summed E-state index contributed by atoms with van der Waals surface area (Å²) in [6, 6.07) is 10.7. The summed E-state index contributed by atoms with van der Waals surface area (Å²) in [5.41, 5.74) is 1.60. The summed E-state index contributed by atoms with van der Waals surface area (Å²) in [6.45, 7) is 4.87. The van der Waals surface area contributed by atoms with E-state index in [-0.39, 0.29) is 18.4 Å². The monoisotopic (exact) mass is 395 g/mol. The summed E-state index contributed by atoms with van der Waals surface area (Å²) in [5, 5.41) is 0. The Bertz CT molecular complexity index is 1010. The number of nitrogens with zero attached hydrogens (tertiary/aromatic N) is 1. The maximum atomic E-state index is 12.3. The predicted molar refractivity (Wildman–Crippen MR) is 106 cm³/mol. The number of rotatable bonds is 6. The molecule has 0 bridgehead atoms. The van der Waals surface area contributed by atoms with Gasteiger partial charge in [0.15, 0.2) is 28.7 Å². The first-order chi connectivity index (χ1) is 14.0. The number of methoxy groups -OCH3 is 1. The number of aliphatic imine (C=N–C) groups is 1. The lowest BCUT2D eigenvalue weighted by molar-refractivity contribution is -0.129. The van der Waals surface area contributed by atoms with E-state index in [1.807, 2.05) is 12.1 Å². The highest BCUT2D eigenvalue weighted by molar-refractivity contribution is 6.13. The van der Waals surface area contributed by atoms with Crippen molar-refractivity contribution in [1.82, 2.24) is 0 Å². The third-order valence-corrected chi connectivity index (χ3v) is 4.30. The standard InChI is InChI=1S/C22H21NO6/c1-13(2)11-26-19-9-14(4-6-17(19)25-3)8-16-22(24)29-21(23-16)15-5-7-18-20(10-15)28-12-27-18/h4-10,13H,11-12H2,1-3H3/b16-8-. The van der Waals surface area contributed by atoms with Crippen LogP contribution in [0.15, 0.2) is 47.1 Å². The zero-order valence-electron chi connectivity index (χ0n) is 16.4. The zero-order chi connectivity index (χ0) is 20.4. The minimum absolute atomic E-state index is 0.175. The molecule has 29 heavy (non-hydrogen) atoms. The smallest absolute Gasteiger partial charge is 0.363 e. The van der Waals surface area contributed by atoms with Gasteiger partial charge in [0.25, 0.3) is 0 Å². The molecule has 0 unspecified atom stereocenters. The summed E-state index contributed by atoms with van der Waals surface area (Å²) in [7, 11) is 1.59. The molecule has 0 saturated carbocycles. The summed E-state index contributed by atoms with van der Waals surface area (Å²) < 4.78 is 27.2. The molecule has 0 radical (unpaired) electrons. The van der Waals surface area contributed by atoms with E-state index in [1.165, 1.54) is 0 Å². The maximum absolute atomic E-state index is 12.3. The first-order valence-corrected chi connectivity index (χ1v) is 9.27. The van der Waals surface area contributed by atoms with Crippen molar-refractivity contribution >= 4 is 17.9 Å². The van der Waals surface area contributed by atoms with E-state index in [1.54, 1.807) is 37.5 Å². The van der Waals surface area contributed by atoms with Gasteiger partial charge in [-0.1, -0.05) is 19.9 Å². The number of hydrogen-bond donors (Lipinski definition) is 0. The second kappa shape index (κ2) is 7.87. The lowest BCUT2D eigenvalue weighted by Gasteiger charge is -2.13. The molecule has 0 aliphatic carbocycles. The molecule has 0 fully saturated rings. The predicted octanol–water partition coefficient (Wildman–Crippen LogP) is 3.80. The second-order valence-electron chi connectivity index (χ2n) is 7.02. The van der Waals surface area contributed by atoms with Gasteiger partial charge in [-0.15, -0.1) is 0 Å². The Morgan fingerprint density at radius 1 is 1.10 bits per heavy atom. The van der Waals surface area contributed by atoms with Gasteiger partial charge in [-0.2, -0.15) is 0 Å². The van der Waals surface area contributed by atoms with Gasteiger partial charge in [0.1, 0.15) is 0 Å². The van der Waals surface area contributed by atoms with Crippen LogP contribution in [0.3, 0.4) is 0 Å². The van der Waals surface area contributed by atoms with E-state index in [4.69, 9.17) is 23.7 Å². The molecule has 150 valence electrons. The molecule has 0 spiro atoms. The Balaban J connectivity index is 1.60. The van der Waals surface area contributed by atoms with Crippen molar-refractivity contribution in [3.8, 4) is 23.0 Å². The summed E-state index contributed by atoms with van der Waals surface area (Å²) in [5.74, 6) is 2.58. The molecular formula is C22H21NO6. The van der Waals surface area contributed by atoms with Crippen LogP contribution in [0.1, 0.15) is 25.0 Å². The minimum atomic E-state index is -0.516. The molecule has 0 aromatic heterocycles. The van der Waals surface area contributed by atoms with Crippen LogP contribution in [0.4, 0.5) is 0 Å². The molecular weight excluding hydrogens is 374 g/mol. The SMILES string of the molecule is COc1ccc(/C=C2\N=C(c3ccc4c(c3)OCO4)OC2=O)cc1OCC(C)C. The van der Waals surface area contributed by atoms with Crippen LogP contribution in [0, 0.1) is 5.92 Å². The van der Waals surface area contributed by atoms with Crippen LogP contribution in [0.2, 0.25) is 0 Å². The quantitative estimate of drug-likeness (QED) is 0.547. The normalized spacial score (nSPS) is 16.2. The van der Waals surface area contributed by atoms with Gasteiger partial charge in [0.2, 0.25) is 12.7 Å². The maximum Gasteiger partial charge on any atom is 0.363 e. The Hall–Kier alpha value is -3.48. The van der Waals surface area contributed by atoms with Gasteiger partial charge in [0, 0.05) is 5.56 Å². The van der Waals surface area contributed by atoms with Gasteiger partial charge in [-0.25, -0.2) is 9.79 Å². The lowest BCUT2D eigenvalue weighted by atomic mass is 10.1. The second-order valence-corrected chi connectivity index (χ2v) is 7.02. The molecule has 0 amide bonds. The Morgan fingerprint density at radius 2 is 1.93 bits per heavy atom. The van der Waals surface area contributed by atoms with Crippen LogP contribution < -0.4 is 18.9 Å². The van der Waals surface area contributed by atoms with Crippen LogP contribution in [0.5, 0.6) is 23.0 Å². The molecule has 2 heterocycles. The Morgan fingerprint density at radius 3 is 2.72 bits per heavy atom. The highest BCUT2D eigenvalue weighted by Crippen LogP contribution is 2.34. The first-order valence-electron chi connectivity index (χ1n) is 9.27. The molecule has 4 rings (SSSR count). The van der Waals surface area contributed by atoms with Gasteiger partial charge in [-0.3, -0.25) is 0 Å². The topological polar surface area (TPSA) is 75.6 Å². The van der Waals surface area contributed by atoms with Crippen molar-refractivity contribution in [3.63, 3.8) is 0 Å². The number of carbonyl (C=O) groups is 1. The van der Waals surface area contributed by atoms with E-state index in [0.717, 1.165) is 5.56 Å². The Kier molecular flexibility index (Phi) is 5.12. The van der Waals surface area contributed by atoms with Crippen LogP contribution >= 0.6 is 0 Å². The van der Waals surface area contributed by atoms with Crippen LogP contribution in [-0.2, 0) is 9.53 Å². The van der Waals surface area contributed by atoms with Crippen molar-refractivity contribution in [2.24, 2.45) is 10.9 Å². The number of esters is 1. The van der Waals surface area contributed by atoms with Gasteiger partial charge in [0.05, 0.1) is 13.7 Å². The molecule has 2 aromatic rings. The number of benzene rings is 2. The minimum Gasteiger partial charge on any atom is -0.493 e. The number of fused-ring (bicyclic) bond motifs is 1. The molecule has 0 N–H and O–H groups in total. The number of hydrogen-bond acceptors (Lipinski definition) is 7. The van der Waals surface area contributed by atoms with Crippen molar-refractivity contribution in [1.29, 1.82) is 0 Å². The molecule has 2 aliphatic rings. The van der Waals surface area contributed by atoms with Gasteiger partial charge < -0.3 is 23.7 Å². The molecule has 7 nitrogen and oxygen atoms in total. The largest absolute Gasteiger partial charge is 0.493 e. The van der Waals surface area contributed by atoms with Crippen molar-refractivity contribution in [3.05, 3.63) is 53.2 Å². The van der Waals surface area contributed by atoms with Crippen LogP contribution in [0.25, 0.3) is 6.08 Å². The fourth-order valence-corrected chi connectivity index (χ4v) is 2.87.